The number of rotatable bonds is 3. The van der Waals surface area contributed by atoms with Gasteiger partial charge in [0, 0.05) is 18.0 Å². The first-order chi connectivity index (χ1) is 13.5. The van der Waals surface area contributed by atoms with Crippen molar-refractivity contribution in [2.75, 3.05) is 19.6 Å². The van der Waals surface area contributed by atoms with Crippen LogP contribution in [0.4, 0.5) is 0 Å². The van der Waals surface area contributed by atoms with Crippen LogP contribution < -0.4 is 5.32 Å². The lowest BCUT2D eigenvalue weighted by molar-refractivity contribution is -0.0878. The van der Waals surface area contributed by atoms with Gasteiger partial charge >= 0.3 is 0 Å². The number of fused-ring (bicyclic) bond motifs is 3. The normalized spacial score (nSPS) is 48.6. The summed E-state index contributed by atoms with van der Waals surface area (Å²) in [5.41, 5.74) is 2.65. The van der Waals surface area contributed by atoms with Crippen LogP contribution in [0.3, 0.4) is 0 Å². The van der Waals surface area contributed by atoms with Crippen LogP contribution in [-0.4, -0.2) is 35.6 Å². The van der Waals surface area contributed by atoms with Crippen LogP contribution in [0.25, 0.3) is 0 Å². The Balaban J connectivity index is 1.31. The molecule has 4 saturated carbocycles. The molecule has 0 spiro atoms. The molecule has 3 saturated heterocycles. The molecule has 0 amide bonds. The van der Waals surface area contributed by atoms with Crippen molar-refractivity contribution in [3.8, 4) is 0 Å². The average molecular weight is 395 g/mol. The van der Waals surface area contributed by atoms with Gasteiger partial charge in [-0.05, 0) is 92.7 Å². The first-order valence-electron chi connectivity index (χ1n) is 11.6. The lowest BCUT2D eigenvalue weighted by atomic mass is 9.39. The van der Waals surface area contributed by atoms with Gasteiger partial charge in [-0.2, -0.15) is 0 Å². The Morgan fingerprint density at radius 3 is 2.50 bits per heavy atom. The van der Waals surface area contributed by atoms with Gasteiger partial charge in [-0.25, -0.2) is 0 Å². The van der Waals surface area contributed by atoms with Gasteiger partial charge in [0.05, 0.1) is 4.99 Å². The van der Waals surface area contributed by atoms with Crippen LogP contribution in [-0.2, 0) is 5.41 Å². The van der Waals surface area contributed by atoms with Crippen molar-refractivity contribution < 1.29 is 0 Å². The van der Waals surface area contributed by atoms with E-state index in [1.54, 1.807) is 5.56 Å². The summed E-state index contributed by atoms with van der Waals surface area (Å²) in [4.78, 5) is 3.88. The van der Waals surface area contributed by atoms with E-state index >= 15 is 0 Å². The monoisotopic (exact) mass is 394 g/mol. The third-order valence-corrected chi connectivity index (χ3v) is 9.74. The Hall–Kier alpha value is -0.930. The SMILES string of the molecule is C[C@]12CC3CC(C(=S)N[C@H]4CN5CCC4CC5)(C1)C[C@@](c1ccccc1)(C3)C2. The molecule has 0 radical (unpaired) electrons. The van der Waals surface area contributed by atoms with Crippen molar-refractivity contribution in [1.29, 1.82) is 0 Å². The van der Waals surface area contributed by atoms with E-state index in [-0.39, 0.29) is 5.41 Å². The fourth-order valence-electron chi connectivity index (χ4n) is 8.74. The fraction of sp³-hybridized carbons (Fsp3) is 0.720. The summed E-state index contributed by atoms with van der Waals surface area (Å²) < 4.78 is 0. The summed E-state index contributed by atoms with van der Waals surface area (Å²) in [6.45, 7) is 6.39. The van der Waals surface area contributed by atoms with Crippen molar-refractivity contribution in [3.63, 3.8) is 0 Å². The van der Waals surface area contributed by atoms with Crippen molar-refractivity contribution in [2.24, 2.45) is 22.7 Å². The zero-order chi connectivity index (χ0) is 19.0. The summed E-state index contributed by atoms with van der Waals surface area (Å²) in [5.74, 6) is 1.70. The molecule has 1 N–H and O–H groups in total. The molecule has 3 heterocycles. The van der Waals surface area contributed by atoms with Gasteiger partial charge < -0.3 is 10.2 Å². The Bertz CT molecular complexity index is 785. The molecule has 7 fully saturated rings. The van der Waals surface area contributed by atoms with E-state index in [0.717, 1.165) is 11.8 Å². The Kier molecular flexibility index (Phi) is 3.86. The smallest absolute Gasteiger partial charge is 0.0819 e. The Morgan fingerprint density at radius 1 is 1.04 bits per heavy atom. The molecular weight excluding hydrogens is 360 g/mol. The standard InChI is InChI=1S/C25H34N2S/c1-23-11-18-12-24(15-23,20-5-3-2-4-6-20)17-25(13-18,16-23)22(28)26-21-14-27-9-7-19(21)8-10-27/h2-6,18-19,21H,7-17H2,1H3,(H,26,28)/t18?,21-,23+,24+,25?/m0/s1. The zero-order valence-electron chi connectivity index (χ0n) is 17.3. The lowest BCUT2D eigenvalue weighted by Gasteiger charge is -2.66. The van der Waals surface area contributed by atoms with Crippen LogP contribution in [0.15, 0.2) is 30.3 Å². The van der Waals surface area contributed by atoms with Gasteiger partial charge in [0.25, 0.3) is 0 Å². The van der Waals surface area contributed by atoms with Gasteiger partial charge in [-0.15, -0.1) is 0 Å². The topological polar surface area (TPSA) is 15.3 Å². The van der Waals surface area contributed by atoms with E-state index in [4.69, 9.17) is 12.2 Å². The van der Waals surface area contributed by atoms with Crippen molar-refractivity contribution >= 4 is 17.2 Å². The molecule has 1 aromatic rings. The van der Waals surface area contributed by atoms with E-state index in [1.165, 1.54) is 76.0 Å². The Morgan fingerprint density at radius 2 is 1.82 bits per heavy atom. The van der Waals surface area contributed by atoms with E-state index in [2.05, 4.69) is 47.5 Å². The maximum atomic E-state index is 6.26. The van der Waals surface area contributed by atoms with E-state index < -0.39 is 0 Å². The third-order valence-electron chi connectivity index (χ3n) is 9.19. The number of benzene rings is 1. The summed E-state index contributed by atoms with van der Waals surface area (Å²) in [7, 11) is 0. The fourth-order valence-corrected chi connectivity index (χ4v) is 9.12. The highest BCUT2D eigenvalue weighted by atomic mass is 32.1. The molecule has 0 aromatic heterocycles. The number of nitrogens with zero attached hydrogens (tertiary/aromatic N) is 1. The second-order valence-electron chi connectivity index (χ2n) is 11.5. The van der Waals surface area contributed by atoms with Gasteiger partial charge in [0.2, 0.25) is 0 Å². The van der Waals surface area contributed by atoms with Crippen LogP contribution >= 0.6 is 12.2 Å². The Labute approximate surface area is 175 Å². The van der Waals surface area contributed by atoms with Gasteiger partial charge in [-0.3, -0.25) is 0 Å². The lowest BCUT2D eigenvalue weighted by Crippen LogP contribution is -2.64. The second kappa shape index (κ2) is 6.04. The number of hydrogen-bond acceptors (Lipinski definition) is 2. The molecule has 4 aliphatic carbocycles. The molecule has 3 aliphatic heterocycles. The highest BCUT2D eigenvalue weighted by Gasteiger charge is 2.63. The van der Waals surface area contributed by atoms with Crippen LogP contribution in [0.1, 0.15) is 63.9 Å². The number of thiocarbonyl (C=S) groups is 1. The molecular formula is C25H34N2S. The molecule has 6 bridgehead atoms. The molecule has 1 aromatic carbocycles. The minimum absolute atomic E-state index is 0.241. The van der Waals surface area contributed by atoms with Gasteiger partial charge in [0.1, 0.15) is 0 Å². The molecule has 28 heavy (non-hydrogen) atoms. The predicted molar refractivity (Wildman–Crippen MR) is 119 cm³/mol. The number of piperidine rings is 3. The van der Waals surface area contributed by atoms with Gasteiger partial charge in [0.15, 0.2) is 0 Å². The average Bonchev–Trinajstić information content (AvgIpc) is 2.68. The quantitative estimate of drug-likeness (QED) is 0.732. The minimum atomic E-state index is 0.241. The van der Waals surface area contributed by atoms with E-state index in [1.807, 2.05) is 0 Å². The van der Waals surface area contributed by atoms with Crippen LogP contribution in [0, 0.1) is 22.7 Å². The minimum Gasteiger partial charge on any atom is -0.375 e. The zero-order valence-corrected chi connectivity index (χ0v) is 18.1. The predicted octanol–water partition coefficient (Wildman–Crippen LogP) is 4.93. The third kappa shape index (κ3) is 2.65. The molecule has 2 unspecified atom stereocenters. The molecule has 7 aliphatic rings. The van der Waals surface area contributed by atoms with Crippen molar-refractivity contribution in [1.82, 2.24) is 10.2 Å². The molecule has 150 valence electrons. The second-order valence-corrected chi connectivity index (χ2v) is 11.9. The van der Waals surface area contributed by atoms with Crippen molar-refractivity contribution in [3.05, 3.63) is 35.9 Å². The summed E-state index contributed by atoms with van der Waals surface area (Å²) in [6, 6.07) is 12.0. The molecule has 3 heteroatoms. The van der Waals surface area contributed by atoms with E-state index in [9.17, 15) is 0 Å². The first-order valence-corrected chi connectivity index (χ1v) is 12.0. The summed E-state index contributed by atoms with van der Waals surface area (Å²) >= 11 is 6.26. The summed E-state index contributed by atoms with van der Waals surface area (Å²) in [5, 5.41) is 3.98. The first kappa shape index (κ1) is 17.9. The highest BCUT2D eigenvalue weighted by Crippen LogP contribution is 2.70. The molecule has 5 atom stereocenters. The van der Waals surface area contributed by atoms with Crippen LogP contribution in [0.2, 0.25) is 0 Å². The molecule has 8 rings (SSSR count). The highest BCUT2D eigenvalue weighted by molar-refractivity contribution is 7.80. The largest absolute Gasteiger partial charge is 0.375 e. The summed E-state index contributed by atoms with van der Waals surface area (Å²) in [6.07, 6.45) is 10.8. The van der Waals surface area contributed by atoms with Gasteiger partial charge in [-0.1, -0.05) is 49.5 Å². The maximum absolute atomic E-state index is 6.26. The number of hydrogen-bond donors (Lipinski definition) is 1. The molecule has 2 nitrogen and oxygen atoms in total. The van der Waals surface area contributed by atoms with E-state index in [0.29, 0.717) is 16.9 Å². The van der Waals surface area contributed by atoms with Crippen LogP contribution in [0.5, 0.6) is 0 Å². The van der Waals surface area contributed by atoms with Crippen molar-refractivity contribution in [2.45, 2.75) is 69.7 Å². The number of nitrogens with one attached hydrogen (secondary N) is 1. The maximum Gasteiger partial charge on any atom is 0.0819 e.